The summed E-state index contributed by atoms with van der Waals surface area (Å²) in [5.74, 6) is -1.90. The molecule has 1 aromatic carbocycles. The zero-order chi connectivity index (χ0) is 17.9. The zero-order valence-corrected chi connectivity index (χ0v) is 14.2. The lowest BCUT2D eigenvalue weighted by Gasteiger charge is -2.19. The number of ether oxygens (including phenoxy) is 2. The minimum Gasteiger partial charge on any atom is -0.497 e. The Kier molecular flexibility index (Phi) is 5.45. The number of carboxylic acids is 1. The van der Waals surface area contributed by atoms with Gasteiger partial charge in [0.25, 0.3) is 0 Å². The molecule has 9 heteroatoms. The van der Waals surface area contributed by atoms with Crippen molar-refractivity contribution in [2.75, 3.05) is 27.3 Å². The molecule has 1 atom stereocenters. The molecule has 8 nitrogen and oxygen atoms in total. The molecule has 1 heterocycles. The van der Waals surface area contributed by atoms with Crippen LogP contribution >= 0.6 is 0 Å². The molecule has 0 aliphatic carbocycles. The number of hydrogen-bond acceptors (Lipinski definition) is 6. The lowest BCUT2D eigenvalue weighted by Crippen LogP contribution is -2.31. The van der Waals surface area contributed by atoms with Crippen LogP contribution in [0.25, 0.3) is 0 Å². The Balaban J connectivity index is 2.39. The van der Waals surface area contributed by atoms with E-state index in [0.29, 0.717) is 5.75 Å². The van der Waals surface area contributed by atoms with Crippen molar-refractivity contribution in [2.24, 2.45) is 5.92 Å². The van der Waals surface area contributed by atoms with Crippen LogP contribution in [-0.2, 0) is 30.8 Å². The van der Waals surface area contributed by atoms with E-state index in [1.165, 1.54) is 32.4 Å². The van der Waals surface area contributed by atoms with Gasteiger partial charge in [-0.25, -0.2) is 8.42 Å². The first-order chi connectivity index (χ1) is 11.3. The number of sulfonamides is 1. The second-order valence-electron chi connectivity index (χ2n) is 5.41. The van der Waals surface area contributed by atoms with Crippen LogP contribution < -0.4 is 4.74 Å². The highest BCUT2D eigenvalue weighted by Crippen LogP contribution is 2.29. The highest BCUT2D eigenvalue weighted by Gasteiger charge is 2.37. The van der Waals surface area contributed by atoms with Crippen molar-refractivity contribution in [1.29, 1.82) is 0 Å². The van der Waals surface area contributed by atoms with Crippen LogP contribution in [0.2, 0.25) is 0 Å². The van der Waals surface area contributed by atoms with E-state index >= 15 is 0 Å². The molecule has 2 rings (SSSR count). The van der Waals surface area contributed by atoms with Crippen molar-refractivity contribution >= 4 is 22.0 Å². The molecule has 0 saturated carbocycles. The molecular weight excluding hydrogens is 338 g/mol. The van der Waals surface area contributed by atoms with E-state index in [1.54, 1.807) is 0 Å². The molecule has 1 N–H and O–H groups in total. The van der Waals surface area contributed by atoms with E-state index in [0.717, 1.165) is 4.31 Å². The quantitative estimate of drug-likeness (QED) is 0.738. The third kappa shape index (κ3) is 3.68. The smallest absolute Gasteiger partial charge is 0.310 e. The van der Waals surface area contributed by atoms with Crippen molar-refractivity contribution in [3.63, 3.8) is 0 Å². The summed E-state index contributed by atoms with van der Waals surface area (Å²) >= 11 is 0. The second kappa shape index (κ2) is 7.18. The molecule has 24 heavy (non-hydrogen) atoms. The number of carboxylic acid groups (broad SMARTS) is 1. The Morgan fingerprint density at radius 3 is 2.58 bits per heavy atom. The van der Waals surface area contributed by atoms with Crippen LogP contribution in [0.5, 0.6) is 5.75 Å². The van der Waals surface area contributed by atoms with Gasteiger partial charge in [-0.1, -0.05) is 0 Å². The molecule has 0 spiro atoms. The Hall–Kier alpha value is -2.13. The third-order valence-corrected chi connectivity index (χ3v) is 5.91. The molecule has 0 bridgehead atoms. The SMILES string of the molecule is COC(=O)Cc1cc(OC)ccc1S(=O)(=O)N1CCC(C(=O)O)C1. The lowest BCUT2D eigenvalue weighted by molar-refractivity contribution is -0.141. The van der Waals surface area contributed by atoms with Crippen molar-refractivity contribution in [3.05, 3.63) is 23.8 Å². The Bertz CT molecular complexity index is 744. The highest BCUT2D eigenvalue weighted by atomic mass is 32.2. The molecule has 0 amide bonds. The van der Waals surface area contributed by atoms with Crippen LogP contribution in [0.3, 0.4) is 0 Å². The summed E-state index contributed by atoms with van der Waals surface area (Å²) in [5.41, 5.74) is 0.250. The van der Waals surface area contributed by atoms with Crippen molar-refractivity contribution < 1.29 is 32.6 Å². The maximum atomic E-state index is 12.8. The standard InChI is InChI=1S/C15H19NO7S/c1-22-12-3-4-13(11(7-12)8-14(17)23-2)24(20,21)16-6-5-10(9-16)15(18)19/h3-4,7,10H,5-6,8-9H2,1-2H3,(H,18,19). The molecule has 1 aliphatic heterocycles. The summed E-state index contributed by atoms with van der Waals surface area (Å²) in [4.78, 5) is 22.6. The Morgan fingerprint density at radius 1 is 1.33 bits per heavy atom. The molecule has 1 saturated heterocycles. The van der Waals surface area contributed by atoms with E-state index < -0.39 is 27.9 Å². The maximum Gasteiger partial charge on any atom is 0.310 e. The number of hydrogen-bond donors (Lipinski definition) is 1. The van der Waals surface area contributed by atoms with Gasteiger partial charge in [0.1, 0.15) is 5.75 Å². The number of carbonyl (C=O) groups is 2. The van der Waals surface area contributed by atoms with Crippen LogP contribution in [0, 0.1) is 5.92 Å². The number of nitrogens with zero attached hydrogens (tertiary/aromatic N) is 1. The molecule has 1 fully saturated rings. The van der Waals surface area contributed by atoms with Crippen LogP contribution in [-0.4, -0.2) is 57.1 Å². The van der Waals surface area contributed by atoms with Crippen LogP contribution in [0.1, 0.15) is 12.0 Å². The molecule has 1 aromatic rings. The number of benzene rings is 1. The van der Waals surface area contributed by atoms with E-state index in [1.807, 2.05) is 0 Å². The fourth-order valence-corrected chi connectivity index (χ4v) is 4.29. The number of carbonyl (C=O) groups excluding carboxylic acids is 1. The Morgan fingerprint density at radius 2 is 2.04 bits per heavy atom. The minimum absolute atomic E-state index is 0.0419. The molecular formula is C15H19NO7S. The molecule has 1 unspecified atom stereocenters. The van der Waals surface area contributed by atoms with Gasteiger partial charge in [0.15, 0.2) is 0 Å². The largest absolute Gasteiger partial charge is 0.497 e. The molecule has 0 radical (unpaired) electrons. The summed E-state index contributed by atoms with van der Waals surface area (Å²) in [6, 6.07) is 4.31. The molecule has 0 aromatic heterocycles. The first-order valence-electron chi connectivity index (χ1n) is 7.26. The van der Waals surface area contributed by atoms with Crippen LogP contribution in [0.4, 0.5) is 0 Å². The van der Waals surface area contributed by atoms with Crippen molar-refractivity contribution in [1.82, 2.24) is 4.31 Å². The second-order valence-corrected chi connectivity index (χ2v) is 7.32. The first kappa shape index (κ1) is 18.2. The Labute approximate surface area is 140 Å². The van der Waals surface area contributed by atoms with Gasteiger partial charge < -0.3 is 14.6 Å². The average Bonchev–Trinajstić information content (AvgIpc) is 3.05. The maximum absolute atomic E-state index is 12.8. The van der Waals surface area contributed by atoms with Gasteiger partial charge in [-0.2, -0.15) is 4.31 Å². The average molecular weight is 357 g/mol. The fraction of sp³-hybridized carbons (Fsp3) is 0.467. The van der Waals surface area contributed by atoms with Crippen molar-refractivity contribution in [2.45, 2.75) is 17.7 Å². The van der Waals surface area contributed by atoms with Gasteiger partial charge >= 0.3 is 11.9 Å². The number of methoxy groups -OCH3 is 2. The summed E-state index contributed by atoms with van der Waals surface area (Å²) in [6.45, 7) is 0.0460. The first-order valence-corrected chi connectivity index (χ1v) is 8.70. The fourth-order valence-electron chi connectivity index (χ4n) is 2.59. The van der Waals surface area contributed by atoms with Gasteiger partial charge in [0, 0.05) is 13.1 Å². The summed E-state index contributed by atoms with van der Waals surface area (Å²) in [7, 11) is -1.26. The van der Waals surface area contributed by atoms with Gasteiger partial charge in [-0.15, -0.1) is 0 Å². The van der Waals surface area contributed by atoms with Gasteiger partial charge in [0.2, 0.25) is 10.0 Å². The normalized spacial score (nSPS) is 18.3. The van der Waals surface area contributed by atoms with Crippen molar-refractivity contribution in [3.8, 4) is 5.75 Å². The van der Waals surface area contributed by atoms with Gasteiger partial charge in [-0.3, -0.25) is 9.59 Å². The van der Waals surface area contributed by atoms with E-state index in [-0.39, 0.29) is 36.4 Å². The zero-order valence-electron chi connectivity index (χ0n) is 13.4. The highest BCUT2D eigenvalue weighted by molar-refractivity contribution is 7.89. The predicted molar refractivity (Wildman–Crippen MR) is 83.2 cm³/mol. The summed E-state index contributed by atoms with van der Waals surface area (Å²) in [5, 5.41) is 9.04. The van der Waals surface area contributed by atoms with E-state index in [2.05, 4.69) is 4.74 Å². The number of rotatable bonds is 6. The monoisotopic (exact) mass is 357 g/mol. The molecule has 1 aliphatic rings. The third-order valence-electron chi connectivity index (χ3n) is 3.95. The van der Waals surface area contributed by atoms with E-state index in [9.17, 15) is 18.0 Å². The minimum atomic E-state index is -3.91. The summed E-state index contributed by atoms with van der Waals surface area (Å²) < 4.78 is 36.5. The lowest BCUT2D eigenvalue weighted by atomic mass is 10.1. The molecule has 132 valence electrons. The van der Waals surface area contributed by atoms with Gasteiger partial charge in [0.05, 0.1) is 31.5 Å². The van der Waals surface area contributed by atoms with Crippen LogP contribution in [0.15, 0.2) is 23.1 Å². The number of esters is 1. The van der Waals surface area contributed by atoms with Gasteiger partial charge in [-0.05, 0) is 30.2 Å². The van der Waals surface area contributed by atoms with E-state index in [4.69, 9.17) is 9.84 Å². The summed E-state index contributed by atoms with van der Waals surface area (Å²) in [6.07, 6.45) is 0.0372. The predicted octanol–water partition coefficient (Wildman–Crippen LogP) is 0.506. The topological polar surface area (TPSA) is 110 Å². The number of aliphatic carboxylic acids is 1.